The van der Waals surface area contributed by atoms with Crippen LogP contribution in [-0.2, 0) is 5.75 Å². The SMILES string of the molecule is O=C(Nc1nc2c(s1)CSc1ccccc1-2)c1ccc([N+](=O)[O-])o1. The van der Waals surface area contributed by atoms with E-state index in [1.54, 1.807) is 11.8 Å². The van der Waals surface area contributed by atoms with Crippen molar-refractivity contribution in [3.63, 3.8) is 0 Å². The van der Waals surface area contributed by atoms with Crippen LogP contribution in [0, 0.1) is 10.1 Å². The van der Waals surface area contributed by atoms with Crippen molar-refractivity contribution in [2.45, 2.75) is 10.6 Å². The van der Waals surface area contributed by atoms with E-state index in [4.69, 9.17) is 4.42 Å². The van der Waals surface area contributed by atoms with Gasteiger partial charge < -0.3 is 4.42 Å². The van der Waals surface area contributed by atoms with Crippen LogP contribution in [0.2, 0.25) is 0 Å². The zero-order chi connectivity index (χ0) is 16.7. The third-order valence-corrected chi connectivity index (χ3v) is 5.67. The van der Waals surface area contributed by atoms with Gasteiger partial charge in [-0.3, -0.25) is 20.2 Å². The van der Waals surface area contributed by atoms with Gasteiger partial charge >= 0.3 is 5.88 Å². The summed E-state index contributed by atoms with van der Waals surface area (Å²) in [6.45, 7) is 0. The number of nitro groups is 1. The van der Waals surface area contributed by atoms with E-state index in [0.29, 0.717) is 5.13 Å². The minimum atomic E-state index is -0.687. The fourth-order valence-electron chi connectivity index (χ4n) is 2.35. The number of benzene rings is 1. The molecule has 4 rings (SSSR count). The van der Waals surface area contributed by atoms with Gasteiger partial charge in [0.05, 0.1) is 11.8 Å². The Kier molecular flexibility index (Phi) is 3.58. The molecule has 9 heteroatoms. The molecule has 120 valence electrons. The van der Waals surface area contributed by atoms with Crippen molar-refractivity contribution in [1.29, 1.82) is 0 Å². The Hall–Kier alpha value is -2.65. The molecule has 0 spiro atoms. The van der Waals surface area contributed by atoms with E-state index in [2.05, 4.69) is 10.3 Å². The number of nitrogens with zero attached hydrogens (tertiary/aromatic N) is 2. The number of aromatic nitrogens is 1. The average Bonchev–Trinajstić information content (AvgIpc) is 3.21. The third-order valence-electron chi connectivity index (χ3n) is 3.41. The first-order valence-electron chi connectivity index (χ1n) is 6.89. The van der Waals surface area contributed by atoms with Crippen LogP contribution < -0.4 is 5.32 Å². The van der Waals surface area contributed by atoms with E-state index >= 15 is 0 Å². The van der Waals surface area contributed by atoms with Crippen LogP contribution in [0.4, 0.5) is 11.0 Å². The standard InChI is InChI=1S/C15H9N3O4S2/c19-14(9-5-6-12(22-9)18(20)21)17-15-16-13-8-3-1-2-4-10(8)23-7-11(13)24-15/h1-6H,7H2,(H,16,17,19). The molecule has 0 aliphatic carbocycles. The highest BCUT2D eigenvalue weighted by Crippen LogP contribution is 2.44. The molecule has 0 bridgehead atoms. The van der Waals surface area contributed by atoms with Crippen molar-refractivity contribution in [2.24, 2.45) is 0 Å². The normalized spacial score (nSPS) is 12.3. The molecule has 0 fully saturated rings. The van der Waals surface area contributed by atoms with Crippen molar-refractivity contribution in [1.82, 2.24) is 4.98 Å². The number of rotatable bonds is 3. The largest absolute Gasteiger partial charge is 0.433 e. The molecule has 2 aromatic heterocycles. The summed E-state index contributed by atoms with van der Waals surface area (Å²) in [5.74, 6) is -0.352. The summed E-state index contributed by atoms with van der Waals surface area (Å²) < 4.78 is 4.90. The van der Waals surface area contributed by atoms with Crippen LogP contribution >= 0.6 is 23.1 Å². The number of nitrogens with one attached hydrogen (secondary N) is 1. The summed E-state index contributed by atoms with van der Waals surface area (Å²) >= 11 is 3.13. The number of thiazole rings is 1. The van der Waals surface area contributed by atoms with Gasteiger partial charge in [-0.2, -0.15) is 0 Å². The molecule has 3 aromatic rings. The predicted molar refractivity (Wildman–Crippen MR) is 90.4 cm³/mol. The van der Waals surface area contributed by atoms with Crippen LogP contribution in [0.1, 0.15) is 15.4 Å². The molecule has 0 unspecified atom stereocenters. The van der Waals surface area contributed by atoms with Gasteiger partial charge in [-0.05, 0) is 12.1 Å². The van der Waals surface area contributed by atoms with Gasteiger partial charge in [0.25, 0.3) is 5.91 Å². The zero-order valence-electron chi connectivity index (χ0n) is 12.0. The van der Waals surface area contributed by atoms with Crippen molar-refractivity contribution in [3.05, 3.63) is 57.1 Å². The van der Waals surface area contributed by atoms with Gasteiger partial charge in [0.1, 0.15) is 4.92 Å². The second kappa shape index (κ2) is 5.77. The molecule has 3 heterocycles. The average molecular weight is 359 g/mol. The van der Waals surface area contributed by atoms with E-state index in [9.17, 15) is 14.9 Å². The second-order valence-electron chi connectivity index (χ2n) is 4.92. The van der Waals surface area contributed by atoms with Crippen molar-refractivity contribution >= 4 is 40.0 Å². The molecule has 0 radical (unpaired) electrons. The molecular formula is C15H9N3O4S2. The number of hydrogen-bond donors (Lipinski definition) is 1. The predicted octanol–water partition coefficient (Wildman–Crippen LogP) is 4.17. The summed E-state index contributed by atoms with van der Waals surface area (Å²) in [6, 6.07) is 10.4. The second-order valence-corrected chi connectivity index (χ2v) is 7.03. The number of anilines is 1. The first-order valence-corrected chi connectivity index (χ1v) is 8.69. The number of carbonyl (C=O) groups is 1. The fraction of sp³-hybridized carbons (Fsp3) is 0.0667. The van der Waals surface area contributed by atoms with E-state index in [0.717, 1.165) is 32.8 Å². The van der Waals surface area contributed by atoms with E-state index in [1.165, 1.54) is 17.4 Å². The molecule has 7 nitrogen and oxygen atoms in total. The Morgan fingerprint density at radius 1 is 1.29 bits per heavy atom. The molecule has 1 aromatic carbocycles. The van der Waals surface area contributed by atoms with Gasteiger partial charge in [-0.15, -0.1) is 23.1 Å². The van der Waals surface area contributed by atoms with E-state index in [-0.39, 0.29) is 5.76 Å². The first kappa shape index (κ1) is 14.9. The molecule has 0 atom stereocenters. The highest BCUT2D eigenvalue weighted by atomic mass is 32.2. The Morgan fingerprint density at radius 2 is 2.12 bits per heavy atom. The van der Waals surface area contributed by atoms with Crippen LogP contribution in [0.25, 0.3) is 11.3 Å². The van der Waals surface area contributed by atoms with E-state index in [1.807, 2.05) is 24.3 Å². The van der Waals surface area contributed by atoms with Crippen molar-refractivity contribution < 1.29 is 14.1 Å². The monoisotopic (exact) mass is 359 g/mol. The topological polar surface area (TPSA) is 98.3 Å². The Bertz CT molecular complexity index is 963. The highest BCUT2D eigenvalue weighted by molar-refractivity contribution is 7.98. The van der Waals surface area contributed by atoms with Gasteiger partial charge in [0, 0.05) is 21.1 Å². The quantitative estimate of drug-likeness (QED) is 0.557. The maximum absolute atomic E-state index is 12.1. The molecule has 1 N–H and O–H groups in total. The smallest absolute Gasteiger partial charge is 0.395 e. The molecule has 0 saturated carbocycles. The number of fused-ring (bicyclic) bond motifs is 3. The third kappa shape index (κ3) is 2.57. The maximum Gasteiger partial charge on any atom is 0.433 e. The molecule has 1 amide bonds. The summed E-state index contributed by atoms with van der Waals surface area (Å²) in [7, 11) is 0. The minimum Gasteiger partial charge on any atom is -0.395 e. The van der Waals surface area contributed by atoms with Crippen LogP contribution in [-0.4, -0.2) is 15.8 Å². The Labute approximate surface area is 143 Å². The Morgan fingerprint density at radius 3 is 2.92 bits per heavy atom. The molecule has 0 saturated heterocycles. The number of furan rings is 1. The number of thioether (sulfide) groups is 1. The number of hydrogen-bond acceptors (Lipinski definition) is 7. The molecule has 24 heavy (non-hydrogen) atoms. The first-order chi connectivity index (χ1) is 11.6. The number of amides is 1. The summed E-state index contributed by atoms with van der Waals surface area (Å²) in [5.41, 5.74) is 1.92. The van der Waals surface area contributed by atoms with Crippen LogP contribution in [0.5, 0.6) is 0 Å². The molecule has 1 aliphatic rings. The lowest BCUT2D eigenvalue weighted by molar-refractivity contribution is -0.402. The summed E-state index contributed by atoms with van der Waals surface area (Å²) in [6.07, 6.45) is 0. The molecular weight excluding hydrogens is 350 g/mol. The van der Waals surface area contributed by atoms with Crippen LogP contribution in [0.15, 0.2) is 45.7 Å². The Balaban J connectivity index is 1.59. The lowest BCUT2D eigenvalue weighted by Gasteiger charge is -2.13. The van der Waals surface area contributed by atoms with Crippen LogP contribution in [0.3, 0.4) is 0 Å². The van der Waals surface area contributed by atoms with Crippen molar-refractivity contribution in [2.75, 3.05) is 5.32 Å². The summed E-state index contributed by atoms with van der Waals surface area (Å²) in [5, 5.41) is 13.7. The lowest BCUT2D eigenvalue weighted by atomic mass is 10.1. The minimum absolute atomic E-state index is 0.121. The fourth-order valence-corrected chi connectivity index (χ4v) is 4.45. The van der Waals surface area contributed by atoms with Gasteiger partial charge in [-0.25, -0.2) is 4.98 Å². The maximum atomic E-state index is 12.1. The van der Waals surface area contributed by atoms with Gasteiger partial charge in [0.15, 0.2) is 10.9 Å². The summed E-state index contributed by atoms with van der Waals surface area (Å²) in [4.78, 5) is 28.8. The molecule has 1 aliphatic heterocycles. The number of carbonyl (C=O) groups excluding carboxylic acids is 1. The van der Waals surface area contributed by atoms with E-state index < -0.39 is 16.7 Å². The zero-order valence-corrected chi connectivity index (χ0v) is 13.6. The van der Waals surface area contributed by atoms with Gasteiger partial charge in [-0.1, -0.05) is 18.2 Å². The lowest BCUT2D eigenvalue weighted by Crippen LogP contribution is -2.10. The highest BCUT2D eigenvalue weighted by Gasteiger charge is 2.23. The van der Waals surface area contributed by atoms with Crippen molar-refractivity contribution in [3.8, 4) is 11.3 Å². The van der Waals surface area contributed by atoms with Gasteiger partial charge in [0.2, 0.25) is 0 Å².